The van der Waals surface area contributed by atoms with Crippen LogP contribution in [-0.4, -0.2) is 16.6 Å². The lowest BCUT2D eigenvalue weighted by Gasteiger charge is -2.05. The summed E-state index contributed by atoms with van der Waals surface area (Å²) in [5.41, 5.74) is 3.09. The summed E-state index contributed by atoms with van der Waals surface area (Å²) < 4.78 is 0.795. The molecular weight excluding hydrogens is 378 g/mol. The molecule has 0 spiro atoms. The summed E-state index contributed by atoms with van der Waals surface area (Å²) >= 11 is 3.28. The highest BCUT2D eigenvalue weighted by atomic mass is 79.9. The molecule has 3 rings (SSSR count). The van der Waals surface area contributed by atoms with Gasteiger partial charge in [0.2, 0.25) is 0 Å². The molecule has 0 N–H and O–H groups in total. The molecule has 3 aromatic rings. The van der Waals surface area contributed by atoms with Crippen molar-refractivity contribution in [2.24, 2.45) is 0 Å². The monoisotopic (exact) mass is 393 g/mol. The van der Waals surface area contributed by atoms with Gasteiger partial charge in [0.15, 0.2) is 11.6 Å². The summed E-state index contributed by atoms with van der Waals surface area (Å²) in [5, 5.41) is 0. The first-order valence-corrected chi connectivity index (χ1v) is 8.72. The largest absolute Gasteiger partial charge is 0.294 e. The van der Waals surface area contributed by atoms with Gasteiger partial charge in [-0.2, -0.15) is 0 Å². The molecule has 0 saturated heterocycles. The van der Waals surface area contributed by atoms with Crippen LogP contribution in [0.5, 0.6) is 0 Å². The number of ketones is 2. The van der Waals surface area contributed by atoms with Crippen LogP contribution >= 0.6 is 15.9 Å². The Morgan fingerprint density at radius 3 is 2.32 bits per heavy atom. The van der Waals surface area contributed by atoms with Gasteiger partial charge < -0.3 is 0 Å². The van der Waals surface area contributed by atoms with Gasteiger partial charge in [0.25, 0.3) is 0 Å². The Kier molecular flexibility index (Phi) is 5.51. The zero-order valence-corrected chi connectivity index (χ0v) is 15.1. The molecule has 0 amide bonds. The van der Waals surface area contributed by atoms with Crippen molar-refractivity contribution < 1.29 is 9.59 Å². The summed E-state index contributed by atoms with van der Waals surface area (Å²) in [7, 11) is 0. The van der Waals surface area contributed by atoms with E-state index in [0.717, 1.165) is 16.5 Å². The third kappa shape index (κ3) is 4.70. The van der Waals surface area contributed by atoms with E-state index in [2.05, 4.69) is 33.0 Å². The summed E-state index contributed by atoms with van der Waals surface area (Å²) in [4.78, 5) is 28.7. The minimum absolute atomic E-state index is 0.177. The molecule has 0 radical (unpaired) electrons. The molecule has 0 unspecified atom stereocenters. The van der Waals surface area contributed by atoms with Gasteiger partial charge >= 0.3 is 0 Å². The number of carbonyl (C=O) groups is 2. The third-order valence-corrected chi connectivity index (χ3v) is 4.30. The van der Waals surface area contributed by atoms with E-state index in [1.807, 2.05) is 36.4 Å². The van der Waals surface area contributed by atoms with Crippen molar-refractivity contribution in [1.82, 2.24) is 4.98 Å². The second-order valence-electron chi connectivity index (χ2n) is 5.75. The standard InChI is InChI=1S/C21H16BrNO2/c22-18-9-10-19(23-14-18)21(25)13-20(24)17-8-4-7-16(12-17)11-15-5-2-1-3-6-15/h1-10,12,14H,11,13H2. The molecule has 0 aliphatic rings. The van der Waals surface area contributed by atoms with Crippen LogP contribution in [0, 0.1) is 0 Å². The van der Waals surface area contributed by atoms with E-state index >= 15 is 0 Å². The van der Waals surface area contributed by atoms with E-state index in [1.54, 1.807) is 24.4 Å². The highest BCUT2D eigenvalue weighted by molar-refractivity contribution is 9.10. The number of nitrogens with zero attached hydrogens (tertiary/aromatic N) is 1. The van der Waals surface area contributed by atoms with Gasteiger partial charge in [-0.25, -0.2) is 0 Å². The summed E-state index contributed by atoms with van der Waals surface area (Å²) in [5.74, 6) is -0.462. The SMILES string of the molecule is O=C(CC(=O)c1ccc(Br)cn1)c1cccc(Cc2ccccc2)c1. The van der Waals surface area contributed by atoms with Crippen LogP contribution in [0.25, 0.3) is 0 Å². The molecule has 25 heavy (non-hydrogen) atoms. The van der Waals surface area contributed by atoms with Gasteiger partial charge in [0.05, 0.1) is 6.42 Å². The first-order chi connectivity index (χ1) is 12.1. The van der Waals surface area contributed by atoms with Crippen molar-refractivity contribution in [3.63, 3.8) is 0 Å². The zero-order chi connectivity index (χ0) is 17.6. The second-order valence-corrected chi connectivity index (χ2v) is 6.66. The first kappa shape index (κ1) is 17.2. The fourth-order valence-corrected chi connectivity index (χ4v) is 2.80. The Hall–Kier alpha value is -2.59. The molecule has 0 fully saturated rings. The lowest BCUT2D eigenvalue weighted by molar-refractivity contribution is 0.0891. The van der Waals surface area contributed by atoms with E-state index < -0.39 is 0 Å². The average Bonchev–Trinajstić information content (AvgIpc) is 2.63. The van der Waals surface area contributed by atoms with Gasteiger partial charge in [0.1, 0.15) is 5.69 Å². The van der Waals surface area contributed by atoms with Crippen LogP contribution < -0.4 is 0 Å². The minimum atomic E-state index is -0.272. The summed E-state index contributed by atoms with van der Waals surface area (Å²) in [6.45, 7) is 0. The predicted molar refractivity (Wildman–Crippen MR) is 101 cm³/mol. The number of halogens is 1. The van der Waals surface area contributed by atoms with E-state index in [4.69, 9.17) is 0 Å². The second kappa shape index (κ2) is 7.99. The third-order valence-electron chi connectivity index (χ3n) is 3.83. The maximum Gasteiger partial charge on any atom is 0.188 e. The van der Waals surface area contributed by atoms with Crippen LogP contribution in [-0.2, 0) is 6.42 Å². The maximum absolute atomic E-state index is 12.4. The molecule has 1 heterocycles. The predicted octanol–water partition coefficient (Wildman–Crippen LogP) is 4.89. The Bertz CT molecular complexity index is 889. The van der Waals surface area contributed by atoms with E-state index in [0.29, 0.717) is 11.3 Å². The minimum Gasteiger partial charge on any atom is -0.294 e. The molecule has 3 nitrogen and oxygen atoms in total. The van der Waals surface area contributed by atoms with E-state index in [-0.39, 0.29) is 18.0 Å². The van der Waals surface area contributed by atoms with Gasteiger partial charge in [-0.3, -0.25) is 14.6 Å². The molecule has 4 heteroatoms. The number of carbonyl (C=O) groups excluding carboxylic acids is 2. The van der Waals surface area contributed by atoms with Gasteiger partial charge in [-0.15, -0.1) is 0 Å². The van der Waals surface area contributed by atoms with Crippen LogP contribution in [0.2, 0.25) is 0 Å². The van der Waals surface area contributed by atoms with Crippen molar-refractivity contribution in [2.45, 2.75) is 12.8 Å². The fourth-order valence-electron chi connectivity index (χ4n) is 2.57. The normalized spacial score (nSPS) is 10.4. The average molecular weight is 394 g/mol. The summed E-state index contributed by atoms with van der Waals surface area (Å²) in [6.07, 6.45) is 2.13. The van der Waals surface area contributed by atoms with Gasteiger partial charge in [-0.1, -0.05) is 48.5 Å². The van der Waals surface area contributed by atoms with Crippen molar-refractivity contribution in [1.29, 1.82) is 0 Å². The van der Waals surface area contributed by atoms with E-state index in [9.17, 15) is 9.59 Å². The molecule has 0 bridgehead atoms. The number of pyridine rings is 1. The highest BCUT2D eigenvalue weighted by Crippen LogP contribution is 2.14. The number of hydrogen-bond donors (Lipinski definition) is 0. The van der Waals surface area contributed by atoms with Gasteiger partial charge in [0, 0.05) is 16.2 Å². The van der Waals surface area contributed by atoms with Crippen LogP contribution in [0.1, 0.15) is 38.4 Å². The fraction of sp³-hybridized carbons (Fsp3) is 0.0952. The zero-order valence-electron chi connectivity index (χ0n) is 13.5. The quantitative estimate of drug-likeness (QED) is 0.442. The molecule has 0 saturated carbocycles. The number of rotatable bonds is 6. The topological polar surface area (TPSA) is 47.0 Å². The lowest BCUT2D eigenvalue weighted by atomic mass is 9.99. The molecule has 1 aromatic heterocycles. The van der Waals surface area contributed by atoms with Crippen molar-refractivity contribution in [3.8, 4) is 0 Å². The van der Waals surface area contributed by atoms with Crippen molar-refractivity contribution in [3.05, 3.63) is 99.8 Å². The molecular formula is C21H16BrNO2. The maximum atomic E-state index is 12.4. The first-order valence-electron chi connectivity index (χ1n) is 7.92. The Balaban J connectivity index is 1.71. The van der Waals surface area contributed by atoms with Crippen LogP contribution in [0.15, 0.2) is 77.4 Å². The van der Waals surface area contributed by atoms with E-state index in [1.165, 1.54) is 5.56 Å². The number of benzene rings is 2. The lowest BCUT2D eigenvalue weighted by Crippen LogP contribution is -2.10. The smallest absolute Gasteiger partial charge is 0.188 e. The number of aromatic nitrogens is 1. The van der Waals surface area contributed by atoms with Crippen LogP contribution in [0.4, 0.5) is 0 Å². The highest BCUT2D eigenvalue weighted by Gasteiger charge is 2.15. The Morgan fingerprint density at radius 2 is 1.60 bits per heavy atom. The van der Waals surface area contributed by atoms with Crippen molar-refractivity contribution in [2.75, 3.05) is 0 Å². The Labute approximate surface area is 154 Å². The Morgan fingerprint density at radius 1 is 0.840 bits per heavy atom. The number of Topliss-reactive ketones (excluding diaryl/α,β-unsaturated/α-hetero) is 2. The van der Waals surface area contributed by atoms with Crippen LogP contribution in [0.3, 0.4) is 0 Å². The number of hydrogen-bond acceptors (Lipinski definition) is 3. The molecule has 0 aliphatic heterocycles. The van der Waals surface area contributed by atoms with Gasteiger partial charge in [-0.05, 0) is 51.7 Å². The molecule has 0 atom stereocenters. The molecule has 2 aromatic carbocycles. The summed E-state index contributed by atoms with van der Waals surface area (Å²) in [6, 6.07) is 20.9. The molecule has 0 aliphatic carbocycles. The molecule has 124 valence electrons. The van der Waals surface area contributed by atoms with Crippen molar-refractivity contribution >= 4 is 27.5 Å².